The third kappa shape index (κ3) is 3.16. The second-order valence-corrected chi connectivity index (χ2v) is 6.34. The van der Waals surface area contributed by atoms with Gasteiger partial charge >= 0.3 is 0 Å². The van der Waals surface area contributed by atoms with E-state index in [2.05, 4.69) is 55.5 Å². The van der Waals surface area contributed by atoms with Crippen molar-refractivity contribution in [3.05, 3.63) is 51.4 Å². The highest BCUT2D eigenvalue weighted by Crippen LogP contribution is 2.23. The SMILES string of the molecule is Cn1ncc(NC2CCN(c3ccccc3)CC2)c(Br)c1=O. The molecule has 0 spiro atoms. The van der Waals surface area contributed by atoms with Crippen LogP contribution in [0.3, 0.4) is 0 Å². The van der Waals surface area contributed by atoms with Crippen LogP contribution < -0.4 is 15.8 Å². The molecule has 0 bridgehead atoms. The molecule has 1 aromatic heterocycles. The van der Waals surface area contributed by atoms with Crippen LogP contribution in [0.5, 0.6) is 0 Å². The van der Waals surface area contributed by atoms with Crippen LogP contribution in [0.15, 0.2) is 45.8 Å². The van der Waals surface area contributed by atoms with Crippen molar-refractivity contribution in [2.75, 3.05) is 23.3 Å². The molecule has 3 rings (SSSR count). The molecule has 0 amide bonds. The van der Waals surface area contributed by atoms with Crippen LogP contribution in [-0.4, -0.2) is 28.9 Å². The van der Waals surface area contributed by atoms with Crippen molar-refractivity contribution < 1.29 is 0 Å². The van der Waals surface area contributed by atoms with E-state index >= 15 is 0 Å². The van der Waals surface area contributed by atoms with Gasteiger partial charge in [-0.2, -0.15) is 5.10 Å². The second kappa shape index (κ2) is 6.52. The first-order valence-electron chi connectivity index (χ1n) is 7.43. The maximum absolute atomic E-state index is 11.9. The highest BCUT2D eigenvalue weighted by atomic mass is 79.9. The third-order valence-electron chi connectivity index (χ3n) is 4.05. The summed E-state index contributed by atoms with van der Waals surface area (Å²) < 4.78 is 1.88. The second-order valence-electron chi connectivity index (χ2n) is 5.54. The Morgan fingerprint density at radius 1 is 1.23 bits per heavy atom. The average molecular weight is 363 g/mol. The number of aryl methyl sites for hydroxylation is 1. The Morgan fingerprint density at radius 2 is 1.91 bits per heavy atom. The van der Waals surface area contributed by atoms with Gasteiger partial charge in [0.1, 0.15) is 4.47 Å². The van der Waals surface area contributed by atoms with E-state index in [4.69, 9.17) is 0 Å². The van der Waals surface area contributed by atoms with E-state index in [9.17, 15) is 4.79 Å². The number of anilines is 2. The third-order valence-corrected chi connectivity index (χ3v) is 4.82. The van der Waals surface area contributed by atoms with Crippen LogP contribution in [0, 0.1) is 0 Å². The summed E-state index contributed by atoms with van der Waals surface area (Å²) in [5, 5.41) is 7.51. The van der Waals surface area contributed by atoms with Crippen LogP contribution >= 0.6 is 15.9 Å². The number of halogens is 1. The minimum Gasteiger partial charge on any atom is -0.380 e. The van der Waals surface area contributed by atoms with Gasteiger partial charge in [0.15, 0.2) is 0 Å². The summed E-state index contributed by atoms with van der Waals surface area (Å²) in [6, 6.07) is 10.8. The predicted molar refractivity (Wildman–Crippen MR) is 92.5 cm³/mol. The Kier molecular flexibility index (Phi) is 4.47. The average Bonchev–Trinajstić information content (AvgIpc) is 2.57. The summed E-state index contributed by atoms with van der Waals surface area (Å²) in [5.41, 5.74) is 1.94. The standard InChI is InChI=1S/C16H19BrN4O/c1-20-16(22)15(17)14(11-18-20)19-12-7-9-21(10-8-12)13-5-3-2-4-6-13/h2-6,11-12,19H,7-10H2,1H3. The highest BCUT2D eigenvalue weighted by molar-refractivity contribution is 9.10. The predicted octanol–water partition coefficient (Wildman–Crippen LogP) is 2.62. The van der Waals surface area contributed by atoms with Gasteiger partial charge in [-0.1, -0.05) is 18.2 Å². The van der Waals surface area contributed by atoms with E-state index in [1.807, 2.05) is 6.07 Å². The lowest BCUT2D eigenvalue weighted by atomic mass is 10.0. The van der Waals surface area contributed by atoms with E-state index in [0.717, 1.165) is 31.6 Å². The fourth-order valence-electron chi connectivity index (χ4n) is 2.75. The number of aromatic nitrogens is 2. The molecule has 1 aliphatic rings. The van der Waals surface area contributed by atoms with Crippen LogP contribution in [0.2, 0.25) is 0 Å². The molecule has 1 saturated heterocycles. The first-order chi connectivity index (χ1) is 10.6. The van der Waals surface area contributed by atoms with Crippen molar-refractivity contribution in [3.8, 4) is 0 Å². The smallest absolute Gasteiger partial charge is 0.282 e. The summed E-state index contributed by atoms with van der Waals surface area (Å²) in [7, 11) is 1.65. The molecule has 2 heterocycles. The van der Waals surface area contributed by atoms with Crippen molar-refractivity contribution in [2.24, 2.45) is 7.05 Å². The Morgan fingerprint density at radius 3 is 2.59 bits per heavy atom. The van der Waals surface area contributed by atoms with Gasteiger partial charge in [-0.15, -0.1) is 0 Å². The normalized spacial score (nSPS) is 15.8. The monoisotopic (exact) mass is 362 g/mol. The number of nitrogens with zero attached hydrogens (tertiary/aromatic N) is 3. The molecule has 5 nitrogen and oxygen atoms in total. The summed E-state index contributed by atoms with van der Waals surface area (Å²) in [5.74, 6) is 0. The molecule has 0 radical (unpaired) electrons. The maximum Gasteiger partial charge on any atom is 0.282 e. The molecule has 1 aliphatic heterocycles. The molecule has 116 valence electrons. The van der Waals surface area contributed by atoms with Crippen LogP contribution in [0.25, 0.3) is 0 Å². The first kappa shape index (κ1) is 15.1. The van der Waals surface area contributed by atoms with Gasteiger partial charge < -0.3 is 10.2 Å². The number of para-hydroxylation sites is 1. The summed E-state index contributed by atoms with van der Waals surface area (Å²) in [6.45, 7) is 2.02. The molecule has 1 fully saturated rings. The zero-order valence-corrected chi connectivity index (χ0v) is 14.1. The Labute approximate surface area is 138 Å². The van der Waals surface area contributed by atoms with E-state index in [1.165, 1.54) is 10.4 Å². The van der Waals surface area contributed by atoms with E-state index in [1.54, 1.807) is 13.2 Å². The topological polar surface area (TPSA) is 50.2 Å². The molecule has 22 heavy (non-hydrogen) atoms. The molecule has 0 aliphatic carbocycles. The molecule has 1 N–H and O–H groups in total. The summed E-state index contributed by atoms with van der Waals surface area (Å²) in [4.78, 5) is 14.3. The van der Waals surface area contributed by atoms with Gasteiger partial charge in [0.05, 0.1) is 11.9 Å². The molecular weight excluding hydrogens is 344 g/mol. The fraction of sp³-hybridized carbons (Fsp3) is 0.375. The first-order valence-corrected chi connectivity index (χ1v) is 8.23. The quantitative estimate of drug-likeness (QED) is 0.911. The molecule has 0 saturated carbocycles. The van der Waals surface area contributed by atoms with Gasteiger partial charge in [0, 0.05) is 31.9 Å². The van der Waals surface area contributed by atoms with Crippen molar-refractivity contribution >= 4 is 27.3 Å². The van der Waals surface area contributed by atoms with Gasteiger partial charge in [-0.25, -0.2) is 4.68 Å². The van der Waals surface area contributed by atoms with E-state index in [-0.39, 0.29) is 5.56 Å². The zero-order chi connectivity index (χ0) is 15.5. The molecular formula is C16H19BrN4O. The van der Waals surface area contributed by atoms with Gasteiger partial charge in [0.25, 0.3) is 5.56 Å². The molecule has 6 heteroatoms. The highest BCUT2D eigenvalue weighted by Gasteiger charge is 2.20. The minimum atomic E-state index is -0.119. The van der Waals surface area contributed by atoms with E-state index < -0.39 is 0 Å². The molecule has 1 aromatic carbocycles. The largest absolute Gasteiger partial charge is 0.380 e. The van der Waals surface area contributed by atoms with Crippen molar-refractivity contribution in [1.82, 2.24) is 9.78 Å². The van der Waals surface area contributed by atoms with Crippen LogP contribution in [0.1, 0.15) is 12.8 Å². The lowest BCUT2D eigenvalue weighted by molar-refractivity contribution is 0.525. The van der Waals surface area contributed by atoms with Crippen molar-refractivity contribution in [2.45, 2.75) is 18.9 Å². The molecule has 2 aromatic rings. The Bertz CT molecular complexity index is 693. The van der Waals surface area contributed by atoms with Crippen LogP contribution in [0.4, 0.5) is 11.4 Å². The number of piperidine rings is 1. The maximum atomic E-state index is 11.9. The van der Waals surface area contributed by atoms with Gasteiger partial charge in [-0.05, 0) is 40.9 Å². The van der Waals surface area contributed by atoms with Crippen molar-refractivity contribution in [3.63, 3.8) is 0 Å². The van der Waals surface area contributed by atoms with Gasteiger partial charge in [-0.3, -0.25) is 4.79 Å². The van der Waals surface area contributed by atoms with Crippen LogP contribution in [-0.2, 0) is 7.05 Å². The summed E-state index contributed by atoms with van der Waals surface area (Å²) in [6.07, 6.45) is 3.78. The number of nitrogens with one attached hydrogen (secondary N) is 1. The lowest BCUT2D eigenvalue weighted by Crippen LogP contribution is -2.39. The number of benzene rings is 1. The number of rotatable bonds is 3. The number of hydrogen-bond donors (Lipinski definition) is 1. The molecule has 0 atom stereocenters. The number of hydrogen-bond acceptors (Lipinski definition) is 4. The minimum absolute atomic E-state index is 0.119. The summed E-state index contributed by atoms with van der Waals surface area (Å²) >= 11 is 3.36. The zero-order valence-electron chi connectivity index (χ0n) is 12.5. The fourth-order valence-corrected chi connectivity index (χ4v) is 3.23. The van der Waals surface area contributed by atoms with Gasteiger partial charge in [0.2, 0.25) is 0 Å². The van der Waals surface area contributed by atoms with E-state index in [0.29, 0.717) is 10.5 Å². The Balaban J connectivity index is 1.63. The lowest BCUT2D eigenvalue weighted by Gasteiger charge is -2.34. The Hall–Kier alpha value is -1.82. The van der Waals surface area contributed by atoms with Crippen molar-refractivity contribution in [1.29, 1.82) is 0 Å². The molecule has 0 unspecified atom stereocenters.